The molecule has 0 atom stereocenters. The highest BCUT2D eigenvalue weighted by atomic mass is 16.2. The summed E-state index contributed by atoms with van der Waals surface area (Å²) >= 11 is 0. The normalized spacial score (nSPS) is 16.1. The lowest BCUT2D eigenvalue weighted by atomic mass is 10.0. The van der Waals surface area contributed by atoms with Gasteiger partial charge in [0.15, 0.2) is 0 Å². The van der Waals surface area contributed by atoms with Crippen LogP contribution in [-0.2, 0) is 9.59 Å². The van der Waals surface area contributed by atoms with E-state index in [1.165, 1.54) is 5.56 Å². The monoisotopic (exact) mass is 217 g/mol. The van der Waals surface area contributed by atoms with Crippen LogP contribution in [-0.4, -0.2) is 18.2 Å². The lowest BCUT2D eigenvalue weighted by Crippen LogP contribution is -2.28. The van der Waals surface area contributed by atoms with Crippen LogP contribution >= 0.6 is 0 Å². The van der Waals surface area contributed by atoms with Gasteiger partial charge in [0, 0.05) is 18.7 Å². The summed E-state index contributed by atoms with van der Waals surface area (Å²) in [6, 6.07) is 4.08. The summed E-state index contributed by atoms with van der Waals surface area (Å²) in [6.45, 7) is 6.50. The minimum atomic E-state index is -0.366. The van der Waals surface area contributed by atoms with Crippen molar-refractivity contribution >= 4 is 17.4 Å². The first-order valence-corrected chi connectivity index (χ1v) is 5.43. The van der Waals surface area contributed by atoms with Gasteiger partial charge in [-0.15, -0.1) is 0 Å². The molecule has 16 heavy (non-hydrogen) atoms. The molecule has 1 aliphatic rings. The van der Waals surface area contributed by atoms with Gasteiger partial charge in [-0.1, -0.05) is 17.7 Å². The quantitative estimate of drug-likeness (QED) is 0.674. The van der Waals surface area contributed by atoms with E-state index in [0.717, 1.165) is 16.8 Å². The van der Waals surface area contributed by atoms with Crippen molar-refractivity contribution in [1.82, 2.24) is 0 Å². The van der Waals surface area contributed by atoms with Gasteiger partial charge in [-0.3, -0.25) is 9.59 Å². The second-order valence-corrected chi connectivity index (χ2v) is 4.38. The molecule has 1 saturated heterocycles. The number of hydrogen-bond acceptors (Lipinski definition) is 2. The van der Waals surface area contributed by atoms with Crippen molar-refractivity contribution in [3.05, 3.63) is 28.8 Å². The Labute approximate surface area is 95.1 Å². The molecular weight excluding hydrogens is 202 g/mol. The van der Waals surface area contributed by atoms with Crippen LogP contribution in [0.4, 0.5) is 5.69 Å². The molecule has 3 nitrogen and oxygen atoms in total. The first kappa shape index (κ1) is 10.9. The van der Waals surface area contributed by atoms with Crippen LogP contribution in [0.15, 0.2) is 12.1 Å². The number of carbonyl (C=O) groups is 2. The van der Waals surface area contributed by atoms with Gasteiger partial charge in [-0.25, -0.2) is 0 Å². The Kier molecular flexibility index (Phi) is 2.54. The second-order valence-electron chi connectivity index (χ2n) is 4.38. The van der Waals surface area contributed by atoms with E-state index in [2.05, 4.69) is 0 Å². The van der Waals surface area contributed by atoms with E-state index in [1.54, 1.807) is 4.90 Å². The average Bonchev–Trinajstić information content (AvgIpc) is 2.48. The number of carbonyl (C=O) groups excluding carboxylic acids is 2. The van der Waals surface area contributed by atoms with Crippen LogP contribution in [0, 0.1) is 20.8 Å². The predicted octanol–water partition coefficient (Wildman–Crippen LogP) is 1.92. The molecule has 0 saturated carbocycles. The molecule has 1 aromatic rings. The molecule has 0 aromatic heterocycles. The molecule has 0 aliphatic carbocycles. The number of anilines is 1. The minimum Gasteiger partial charge on any atom is -0.305 e. The molecule has 1 aromatic carbocycles. The number of aryl methyl sites for hydroxylation is 3. The summed E-state index contributed by atoms with van der Waals surface area (Å²) in [7, 11) is 0. The van der Waals surface area contributed by atoms with Crippen LogP contribution in [0.3, 0.4) is 0 Å². The van der Waals surface area contributed by atoms with E-state index in [-0.39, 0.29) is 11.7 Å². The van der Waals surface area contributed by atoms with E-state index in [0.29, 0.717) is 13.0 Å². The Morgan fingerprint density at radius 2 is 1.62 bits per heavy atom. The molecule has 2 rings (SSSR count). The number of Topliss-reactive ketones (excluding diaryl/α,β-unsaturated/α-hetero) is 1. The minimum absolute atomic E-state index is 0.278. The molecule has 84 valence electrons. The van der Waals surface area contributed by atoms with E-state index >= 15 is 0 Å². The molecule has 0 radical (unpaired) electrons. The first-order valence-electron chi connectivity index (χ1n) is 5.43. The maximum Gasteiger partial charge on any atom is 0.294 e. The van der Waals surface area contributed by atoms with Crippen molar-refractivity contribution in [2.75, 3.05) is 11.4 Å². The standard InChI is InChI=1S/C13H15NO2/c1-8-6-9(2)12(10(3)7-8)14-5-4-11(15)13(14)16/h6-7H,4-5H2,1-3H3. The van der Waals surface area contributed by atoms with Crippen LogP contribution in [0.5, 0.6) is 0 Å². The van der Waals surface area contributed by atoms with Gasteiger partial charge >= 0.3 is 0 Å². The third-order valence-corrected chi connectivity index (χ3v) is 2.95. The summed E-state index contributed by atoms with van der Waals surface area (Å²) in [5.41, 5.74) is 4.19. The van der Waals surface area contributed by atoms with Gasteiger partial charge in [-0.05, 0) is 31.9 Å². The number of benzene rings is 1. The zero-order chi connectivity index (χ0) is 11.9. The van der Waals surface area contributed by atoms with Crippen LogP contribution in [0.2, 0.25) is 0 Å². The molecule has 1 fully saturated rings. The van der Waals surface area contributed by atoms with Crippen molar-refractivity contribution in [1.29, 1.82) is 0 Å². The molecular formula is C13H15NO2. The van der Waals surface area contributed by atoms with Crippen molar-refractivity contribution in [2.24, 2.45) is 0 Å². The Morgan fingerprint density at radius 3 is 2.06 bits per heavy atom. The molecule has 1 amide bonds. The zero-order valence-corrected chi connectivity index (χ0v) is 9.83. The molecule has 0 bridgehead atoms. The maximum atomic E-state index is 11.7. The second kappa shape index (κ2) is 3.74. The lowest BCUT2D eigenvalue weighted by molar-refractivity contribution is -0.133. The Hall–Kier alpha value is -1.64. The molecule has 3 heteroatoms. The summed E-state index contributed by atoms with van der Waals surface area (Å²) in [5, 5.41) is 0. The van der Waals surface area contributed by atoms with Gasteiger partial charge in [-0.2, -0.15) is 0 Å². The molecule has 1 heterocycles. The van der Waals surface area contributed by atoms with E-state index in [9.17, 15) is 9.59 Å². The molecule has 1 aliphatic heterocycles. The Balaban J connectivity index is 2.49. The van der Waals surface area contributed by atoms with Gasteiger partial charge < -0.3 is 4.90 Å². The van der Waals surface area contributed by atoms with E-state index < -0.39 is 0 Å². The smallest absolute Gasteiger partial charge is 0.294 e. The number of amides is 1. The number of nitrogens with zero attached hydrogens (tertiary/aromatic N) is 1. The van der Waals surface area contributed by atoms with Crippen LogP contribution < -0.4 is 4.90 Å². The average molecular weight is 217 g/mol. The van der Waals surface area contributed by atoms with Crippen molar-refractivity contribution in [3.8, 4) is 0 Å². The fourth-order valence-corrected chi connectivity index (χ4v) is 2.38. The summed E-state index contributed by atoms with van der Waals surface area (Å²) in [4.78, 5) is 24.5. The number of rotatable bonds is 1. The van der Waals surface area contributed by atoms with Crippen molar-refractivity contribution in [2.45, 2.75) is 27.2 Å². The van der Waals surface area contributed by atoms with Crippen molar-refractivity contribution < 1.29 is 9.59 Å². The van der Waals surface area contributed by atoms with Crippen LogP contribution in [0.25, 0.3) is 0 Å². The number of ketones is 1. The fraction of sp³-hybridized carbons (Fsp3) is 0.385. The van der Waals surface area contributed by atoms with Crippen molar-refractivity contribution in [3.63, 3.8) is 0 Å². The molecule has 0 unspecified atom stereocenters. The van der Waals surface area contributed by atoms with Gasteiger partial charge in [0.25, 0.3) is 5.91 Å². The largest absolute Gasteiger partial charge is 0.305 e. The number of hydrogen-bond donors (Lipinski definition) is 0. The van der Waals surface area contributed by atoms with Gasteiger partial charge in [0.1, 0.15) is 0 Å². The third kappa shape index (κ3) is 1.62. The summed E-state index contributed by atoms with van der Waals surface area (Å²) in [5.74, 6) is -0.644. The highest BCUT2D eigenvalue weighted by Crippen LogP contribution is 2.28. The van der Waals surface area contributed by atoms with E-state index in [4.69, 9.17) is 0 Å². The highest BCUT2D eigenvalue weighted by molar-refractivity contribution is 6.43. The molecule has 0 N–H and O–H groups in total. The van der Waals surface area contributed by atoms with Gasteiger partial charge in [0.05, 0.1) is 0 Å². The highest BCUT2D eigenvalue weighted by Gasteiger charge is 2.31. The predicted molar refractivity (Wildman–Crippen MR) is 62.6 cm³/mol. The maximum absolute atomic E-state index is 11.7. The lowest BCUT2D eigenvalue weighted by Gasteiger charge is -2.20. The third-order valence-electron chi connectivity index (χ3n) is 2.95. The summed E-state index contributed by atoms with van der Waals surface area (Å²) in [6.07, 6.45) is 0.339. The SMILES string of the molecule is Cc1cc(C)c(N2CCC(=O)C2=O)c(C)c1. The fourth-order valence-electron chi connectivity index (χ4n) is 2.38. The topological polar surface area (TPSA) is 37.4 Å². The Morgan fingerprint density at radius 1 is 1.06 bits per heavy atom. The van der Waals surface area contributed by atoms with Crippen LogP contribution in [0.1, 0.15) is 23.1 Å². The first-order chi connectivity index (χ1) is 7.50. The van der Waals surface area contributed by atoms with Gasteiger partial charge in [0.2, 0.25) is 5.78 Å². The zero-order valence-electron chi connectivity index (χ0n) is 9.83. The van der Waals surface area contributed by atoms with E-state index in [1.807, 2.05) is 32.9 Å². The molecule has 0 spiro atoms. The summed E-state index contributed by atoms with van der Waals surface area (Å²) < 4.78 is 0. The Bertz CT molecular complexity index is 454.